The van der Waals surface area contributed by atoms with Crippen molar-refractivity contribution in [1.82, 2.24) is 25.8 Å². The number of H-pyrrole nitrogens is 1. The first kappa shape index (κ1) is 23.7. The largest absolute Gasteiger partial charge is 0.489 e. The lowest BCUT2D eigenvalue weighted by atomic mass is 10.1. The third-order valence-corrected chi connectivity index (χ3v) is 4.26. The Morgan fingerprint density at radius 3 is 2.73 bits per heavy atom. The van der Waals surface area contributed by atoms with Gasteiger partial charge in [0.05, 0.1) is 13.1 Å². The van der Waals surface area contributed by atoms with Gasteiger partial charge in [0.2, 0.25) is 0 Å². The van der Waals surface area contributed by atoms with E-state index in [4.69, 9.17) is 9.73 Å². The van der Waals surface area contributed by atoms with E-state index in [1.165, 1.54) is 11.9 Å². The van der Waals surface area contributed by atoms with Gasteiger partial charge in [-0.15, -0.1) is 24.0 Å². The van der Waals surface area contributed by atoms with Gasteiger partial charge in [0.1, 0.15) is 18.2 Å². The molecule has 3 N–H and O–H groups in total. The predicted molar refractivity (Wildman–Crippen MR) is 131 cm³/mol. The smallest absolute Gasteiger partial charge is 0.191 e. The first-order valence-electron chi connectivity index (χ1n) is 9.84. The molecule has 0 radical (unpaired) electrons. The second-order valence-electron chi connectivity index (χ2n) is 6.86. The van der Waals surface area contributed by atoms with Crippen LogP contribution in [0.2, 0.25) is 0 Å². The summed E-state index contributed by atoms with van der Waals surface area (Å²) in [6.45, 7) is 8.15. The van der Waals surface area contributed by atoms with Crippen LogP contribution in [-0.4, -0.2) is 40.3 Å². The van der Waals surface area contributed by atoms with Crippen LogP contribution in [0.1, 0.15) is 25.0 Å². The van der Waals surface area contributed by atoms with Gasteiger partial charge in [-0.1, -0.05) is 30.3 Å². The van der Waals surface area contributed by atoms with Crippen molar-refractivity contribution in [3.63, 3.8) is 0 Å². The molecular formula is C22H29IN6O. The van der Waals surface area contributed by atoms with Crippen molar-refractivity contribution in [2.24, 2.45) is 4.99 Å². The van der Waals surface area contributed by atoms with Crippen molar-refractivity contribution in [1.29, 1.82) is 0 Å². The first-order valence-corrected chi connectivity index (χ1v) is 9.84. The van der Waals surface area contributed by atoms with Crippen molar-refractivity contribution in [3.8, 4) is 17.1 Å². The minimum Gasteiger partial charge on any atom is -0.489 e. The molecule has 1 heterocycles. The predicted octanol–water partition coefficient (Wildman–Crippen LogP) is 3.92. The molecule has 0 saturated heterocycles. The molecule has 3 aromatic rings. The Labute approximate surface area is 194 Å². The number of nitrogens with zero attached hydrogens (tertiary/aromatic N) is 3. The lowest BCUT2D eigenvalue weighted by Gasteiger charge is -2.18. The summed E-state index contributed by atoms with van der Waals surface area (Å²) in [5.74, 6) is 2.39. The molecule has 7 nitrogen and oxygen atoms in total. The van der Waals surface area contributed by atoms with Crippen molar-refractivity contribution in [2.45, 2.75) is 33.4 Å². The van der Waals surface area contributed by atoms with E-state index in [1.807, 2.05) is 37.3 Å². The summed E-state index contributed by atoms with van der Waals surface area (Å²) in [6, 6.07) is 16.2. The van der Waals surface area contributed by atoms with Crippen LogP contribution < -0.4 is 15.4 Å². The molecule has 1 unspecified atom stereocenters. The Balaban J connectivity index is 0.00000320. The molecule has 1 aromatic heterocycles. The van der Waals surface area contributed by atoms with Crippen molar-refractivity contribution in [3.05, 3.63) is 66.0 Å². The monoisotopic (exact) mass is 520 g/mol. The van der Waals surface area contributed by atoms with E-state index in [0.29, 0.717) is 13.1 Å². The summed E-state index contributed by atoms with van der Waals surface area (Å²) < 4.78 is 5.98. The van der Waals surface area contributed by atoms with Gasteiger partial charge in [-0.05, 0) is 50.1 Å². The third kappa shape index (κ3) is 7.33. The summed E-state index contributed by atoms with van der Waals surface area (Å²) in [7, 11) is 0. The Bertz CT molecular complexity index is 929. The Hall–Kier alpha value is -2.62. The highest BCUT2D eigenvalue weighted by Gasteiger charge is 2.07. The van der Waals surface area contributed by atoms with E-state index in [0.717, 1.165) is 35.2 Å². The van der Waals surface area contributed by atoms with Gasteiger partial charge in [-0.25, -0.2) is 9.98 Å². The summed E-state index contributed by atoms with van der Waals surface area (Å²) >= 11 is 0. The molecule has 1 atom stereocenters. The topological polar surface area (TPSA) is 87.2 Å². The first-order chi connectivity index (χ1) is 14.1. The maximum Gasteiger partial charge on any atom is 0.191 e. The molecule has 2 aromatic carbocycles. The highest BCUT2D eigenvalue weighted by molar-refractivity contribution is 14.0. The number of halogens is 1. The van der Waals surface area contributed by atoms with Crippen LogP contribution in [0, 0.1) is 6.92 Å². The average Bonchev–Trinajstić information content (AvgIpc) is 3.25. The second-order valence-corrected chi connectivity index (χ2v) is 6.86. The number of aryl methyl sites for hydroxylation is 1. The molecule has 0 bridgehead atoms. The van der Waals surface area contributed by atoms with E-state index >= 15 is 0 Å². The van der Waals surface area contributed by atoms with E-state index in [1.54, 1.807) is 0 Å². The van der Waals surface area contributed by atoms with Crippen LogP contribution in [-0.2, 0) is 6.54 Å². The molecule has 0 amide bonds. The highest BCUT2D eigenvalue weighted by Crippen LogP contribution is 2.16. The van der Waals surface area contributed by atoms with Gasteiger partial charge in [0, 0.05) is 12.1 Å². The number of aromatic amines is 1. The number of ether oxygens (including phenoxy) is 1. The lowest BCUT2D eigenvalue weighted by Crippen LogP contribution is -2.41. The van der Waals surface area contributed by atoms with Crippen molar-refractivity contribution < 1.29 is 4.74 Å². The summed E-state index contributed by atoms with van der Waals surface area (Å²) in [5, 5.41) is 13.4. The molecule has 0 fully saturated rings. The average molecular weight is 520 g/mol. The molecule has 0 spiro atoms. The molecule has 8 heteroatoms. The van der Waals surface area contributed by atoms with Gasteiger partial charge in [-0.2, -0.15) is 5.10 Å². The van der Waals surface area contributed by atoms with Crippen LogP contribution in [0.5, 0.6) is 5.75 Å². The minimum atomic E-state index is 0. The molecule has 3 rings (SSSR count). The fourth-order valence-corrected chi connectivity index (χ4v) is 2.88. The zero-order valence-corrected chi connectivity index (χ0v) is 19.9. The minimum absolute atomic E-state index is 0. The Morgan fingerprint density at radius 1 is 1.17 bits per heavy atom. The van der Waals surface area contributed by atoms with E-state index < -0.39 is 0 Å². The van der Waals surface area contributed by atoms with E-state index in [2.05, 4.69) is 57.9 Å². The number of hydrogen-bond acceptors (Lipinski definition) is 4. The maximum absolute atomic E-state index is 5.98. The molecule has 0 aliphatic carbocycles. The SMILES string of the molecule is CCNC(=NCc1cccc(-c2ncn[nH]2)c1)NCC(C)Oc1cccc(C)c1.I. The number of aliphatic imine (C=N–C) groups is 1. The van der Waals surface area contributed by atoms with E-state index in [-0.39, 0.29) is 30.1 Å². The zero-order valence-electron chi connectivity index (χ0n) is 17.6. The van der Waals surface area contributed by atoms with Gasteiger partial charge in [-0.3, -0.25) is 5.10 Å². The van der Waals surface area contributed by atoms with Crippen molar-refractivity contribution in [2.75, 3.05) is 13.1 Å². The van der Waals surface area contributed by atoms with Crippen LogP contribution in [0.15, 0.2) is 59.9 Å². The van der Waals surface area contributed by atoms with Crippen LogP contribution in [0.3, 0.4) is 0 Å². The highest BCUT2D eigenvalue weighted by atomic mass is 127. The molecule has 160 valence electrons. The fraction of sp³-hybridized carbons (Fsp3) is 0.318. The number of aromatic nitrogens is 3. The number of benzene rings is 2. The summed E-state index contributed by atoms with van der Waals surface area (Å²) in [4.78, 5) is 8.89. The lowest BCUT2D eigenvalue weighted by molar-refractivity contribution is 0.223. The Kier molecular flexibility index (Phi) is 9.59. The third-order valence-electron chi connectivity index (χ3n) is 4.26. The number of hydrogen-bond donors (Lipinski definition) is 3. The number of nitrogens with one attached hydrogen (secondary N) is 3. The quantitative estimate of drug-likeness (QED) is 0.238. The molecule has 0 aliphatic heterocycles. The van der Waals surface area contributed by atoms with Crippen molar-refractivity contribution >= 4 is 29.9 Å². The van der Waals surface area contributed by atoms with Crippen LogP contribution in [0.4, 0.5) is 0 Å². The number of guanidine groups is 1. The second kappa shape index (κ2) is 12.2. The maximum atomic E-state index is 5.98. The van der Waals surface area contributed by atoms with Gasteiger partial charge in [0.25, 0.3) is 0 Å². The number of rotatable bonds is 8. The molecule has 30 heavy (non-hydrogen) atoms. The summed E-state index contributed by atoms with van der Waals surface area (Å²) in [5.41, 5.74) is 3.28. The summed E-state index contributed by atoms with van der Waals surface area (Å²) in [6.07, 6.45) is 1.52. The standard InChI is InChI=1S/C22H28N6O.HI/c1-4-23-22(24-13-17(3)29-20-10-5-7-16(2)11-20)25-14-18-8-6-9-19(12-18)21-26-15-27-28-21;/h5-12,15,17H,4,13-14H2,1-3H3,(H2,23,24,25)(H,26,27,28);1H. The Morgan fingerprint density at radius 2 is 2.00 bits per heavy atom. The normalized spacial score (nSPS) is 12.0. The van der Waals surface area contributed by atoms with Crippen LogP contribution >= 0.6 is 24.0 Å². The molecule has 0 aliphatic rings. The fourth-order valence-electron chi connectivity index (χ4n) is 2.88. The van der Waals surface area contributed by atoms with Gasteiger partial charge < -0.3 is 15.4 Å². The van der Waals surface area contributed by atoms with E-state index in [9.17, 15) is 0 Å². The van der Waals surface area contributed by atoms with Crippen LogP contribution in [0.25, 0.3) is 11.4 Å². The van der Waals surface area contributed by atoms with Gasteiger partial charge in [0.15, 0.2) is 11.8 Å². The molecular weight excluding hydrogens is 491 g/mol. The zero-order chi connectivity index (χ0) is 20.5. The molecule has 0 saturated carbocycles. The van der Waals surface area contributed by atoms with Gasteiger partial charge >= 0.3 is 0 Å².